The summed E-state index contributed by atoms with van der Waals surface area (Å²) in [5.41, 5.74) is -0.461. The number of hydrogen-bond acceptors (Lipinski definition) is 9. The minimum Gasteiger partial charge on any atom is -0.489 e. The Morgan fingerprint density at radius 2 is 1.70 bits per heavy atom. The van der Waals surface area contributed by atoms with Crippen LogP contribution in [0, 0.1) is 0 Å². The molecule has 17 heteroatoms. The Balaban J connectivity index is 1.46. The van der Waals surface area contributed by atoms with Crippen molar-refractivity contribution in [1.82, 2.24) is 15.3 Å². The number of nitrogens with one attached hydrogen (secondary N) is 1. The summed E-state index contributed by atoms with van der Waals surface area (Å²) in [6, 6.07) is 7.92. The highest BCUT2D eigenvalue weighted by Gasteiger charge is 2.39. The molecule has 0 aliphatic carbocycles. The molecular formula is C30H32F6N4O6S. The van der Waals surface area contributed by atoms with Gasteiger partial charge in [0.25, 0.3) is 5.91 Å². The molecular weight excluding hydrogens is 658 g/mol. The maximum atomic E-state index is 13.6. The molecule has 2 N–H and O–H groups in total. The molecule has 1 aliphatic rings. The van der Waals surface area contributed by atoms with Crippen LogP contribution in [0.3, 0.4) is 0 Å². The second kappa shape index (κ2) is 14.9. The van der Waals surface area contributed by atoms with Crippen LogP contribution in [0.2, 0.25) is 0 Å². The van der Waals surface area contributed by atoms with Gasteiger partial charge in [-0.25, -0.2) is 22.8 Å². The van der Waals surface area contributed by atoms with Gasteiger partial charge in [0, 0.05) is 18.8 Å². The van der Waals surface area contributed by atoms with E-state index in [1.807, 2.05) is 0 Å². The highest BCUT2D eigenvalue weighted by atomic mass is 32.2. The Morgan fingerprint density at radius 1 is 1.06 bits per heavy atom. The van der Waals surface area contributed by atoms with E-state index in [2.05, 4.69) is 20.0 Å². The molecule has 2 aromatic carbocycles. The van der Waals surface area contributed by atoms with Crippen LogP contribution in [-0.2, 0) is 20.8 Å². The van der Waals surface area contributed by atoms with Crippen molar-refractivity contribution in [3.05, 3.63) is 77.6 Å². The zero-order chi connectivity index (χ0) is 34.4. The third kappa shape index (κ3) is 9.32. The number of rotatable bonds is 14. The first-order valence-electron chi connectivity index (χ1n) is 14.4. The third-order valence-electron chi connectivity index (χ3n) is 7.26. The average molecular weight is 691 g/mol. The molecule has 0 bridgehead atoms. The molecule has 256 valence electrons. The molecule has 47 heavy (non-hydrogen) atoms. The van der Waals surface area contributed by atoms with Crippen LogP contribution >= 0.6 is 0 Å². The van der Waals surface area contributed by atoms with E-state index in [-0.39, 0.29) is 40.9 Å². The number of anilines is 1. The van der Waals surface area contributed by atoms with Crippen molar-refractivity contribution in [2.45, 2.75) is 55.1 Å². The van der Waals surface area contributed by atoms with Crippen LogP contribution in [0.5, 0.6) is 5.75 Å². The first-order chi connectivity index (χ1) is 22.2. The number of carbonyl (C=O) groups is 1. The molecule has 1 fully saturated rings. The lowest BCUT2D eigenvalue weighted by Gasteiger charge is -2.25. The van der Waals surface area contributed by atoms with Crippen LogP contribution < -0.4 is 15.0 Å². The number of aliphatic hydroxyl groups excluding tert-OH is 1. The fraction of sp³-hybridized carbons (Fsp3) is 0.433. The Hall–Kier alpha value is -3.96. The van der Waals surface area contributed by atoms with Crippen molar-refractivity contribution < 1.29 is 54.1 Å². The quantitative estimate of drug-likeness (QED) is 0.230. The molecule has 4 rings (SSSR count). The van der Waals surface area contributed by atoms with Crippen LogP contribution in [0.4, 0.5) is 32.3 Å². The lowest BCUT2D eigenvalue weighted by molar-refractivity contribution is -0.247. The number of sulfone groups is 1. The van der Waals surface area contributed by atoms with Crippen molar-refractivity contribution in [2.24, 2.45) is 0 Å². The van der Waals surface area contributed by atoms with Gasteiger partial charge in [0.2, 0.25) is 5.95 Å². The molecule has 3 atom stereocenters. The fourth-order valence-electron chi connectivity index (χ4n) is 4.89. The molecule has 1 aromatic heterocycles. The maximum Gasteiger partial charge on any atom is 0.416 e. The highest BCUT2D eigenvalue weighted by Crippen LogP contribution is 2.32. The van der Waals surface area contributed by atoms with Gasteiger partial charge < -0.3 is 24.8 Å². The molecule has 0 radical (unpaired) electrons. The summed E-state index contributed by atoms with van der Waals surface area (Å²) >= 11 is 0. The Morgan fingerprint density at radius 3 is 2.26 bits per heavy atom. The van der Waals surface area contributed by atoms with Gasteiger partial charge in [-0.3, -0.25) is 4.79 Å². The van der Waals surface area contributed by atoms with Crippen LogP contribution in [0.15, 0.2) is 65.8 Å². The second-order valence-corrected chi connectivity index (χ2v) is 12.9. The summed E-state index contributed by atoms with van der Waals surface area (Å²) in [5.74, 6) is -0.613. The molecule has 0 spiro atoms. The molecule has 10 nitrogen and oxygen atoms in total. The van der Waals surface area contributed by atoms with Crippen molar-refractivity contribution in [2.75, 3.05) is 37.1 Å². The summed E-state index contributed by atoms with van der Waals surface area (Å²) in [7, 11) is -3.46. The van der Waals surface area contributed by atoms with Crippen molar-refractivity contribution >= 4 is 21.7 Å². The van der Waals surface area contributed by atoms with Gasteiger partial charge in [0.1, 0.15) is 11.9 Å². The Bertz CT molecular complexity index is 1590. The van der Waals surface area contributed by atoms with Crippen LogP contribution in [-0.4, -0.2) is 79.8 Å². The first-order valence-corrected chi connectivity index (χ1v) is 16.1. The van der Waals surface area contributed by atoms with Gasteiger partial charge in [0.15, 0.2) is 16.5 Å². The van der Waals surface area contributed by atoms with E-state index in [9.17, 15) is 44.7 Å². The molecule has 3 aromatic rings. The number of aromatic nitrogens is 2. The molecule has 0 unspecified atom stereocenters. The number of ether oxygens (including phenoxy) is 2. The zero-order valence-corrected chi connectivity index (χ0v) is 25.8. The number of carbonyl (C=O) groups excluding carboxylic acids is 1. The number of aliphatic hydroxyl groups is 1. The smallest absolute Gasteiger partial charge is 0.416 e. The summed E-state index contributed by atoms with van der Waals surface area (Å²) in [4.78, 5) is 22.8. The van der Waals surface area contributed by atoms with E-state index >= 15 is 0 Å². The van der Waals surface area contributed by atoms with Gasteiger partial charge in [-0.2, -0.15) is 22.0 Å². The summed E-state index contributed by atoms with van der Waals surface area (Å²) < 4.78 is 113. The van der Waals surface area contributed by atoms with Gasteiger partial charge >= 0.3 is 12.3 Å². The van der Waals surface area contributed by atoms with Gasteiger partial charge in [-0.05, 0) is 48.4 Å². The van der Waals surface area contributed by atoms with E-state index < -0.39 is 71.7 Å². The number of nitrogens with zero attached hydrogens (tertiary/aromatic N) is 3. The van der Waals surface area contributed by atoms with E-state index in [4.69, 9.17) is 4.74 Å². The molecule has 1 amide bonds. The van der Waals surface area contributed by atoms with E-state index in [1.54, 1.807) is 6.92 Å². The van der Waals surface area contributed by atoms with E-state index in [0.717, 1.165) is 36.7 Å². The standard InChI is InChI=1S/C30H32F6N4O6S/c1-2-11-47(43,44)25-9-3-19(4-10-25)26(16-41)39-27(42)20-13-37-28(38-14-20)40-15-24(12-22(40)17-45-29(32,33)18-31)46-23-7-5-21(6-8-23)30(34,35)36/h3-10,13-14,22,24,26,41H,2,11-12,15-18H2,1H3,(H,39,42)/t22-,24+,26-/m0/s1. The molecule has 2 heterocycles. The molecule has 0 saturated carbocycles. The number of hydrogen-bond donors (Lipinski definition) is 2. The monoisotopic (exact) mass is 690 g/mol. The zero-order valence-electron chi connectivity index (χ0n) is 25.0. The fourth-order valence-corrected chi connectivity index (χ4v) is 6.21. The van der Waals surface area contributed by atoms with Gasteiger partial charge in [-0.1, -0.05) is 19.1 Å². The van der Waals surface area contributed by atoms with Crippen LogP contribution in [0.1, 0.15) is 47.3 Å². The van der Waals surface area contributed by atoms with Crippen molar-refractivity contribution in [3.63, 3.8) is 0 Å². The first kappa shape index (κ1) is 35.9. The number of alkyl halides is 6. The summed E-state index contributed by atoms with van der Waals surface area (Å²) in [6.45, 7) is -1.48. The Labute approximate surface area is 266 Å². The predicted molar refractivity (Wildman–Crippen MR) is 157 cm³/mol. The normalized spacial score (nSPS) is 17.8. The van der Waals surface area contributed by atoms with Crippen LogP contribution in [0.25, 0.3) is 0 Å². The molecule has 1 aliphatic heterocycles. The van der Waals surface area contributed by atoms with Gasteiger partial charge in [-0.15, -0.1) is 0 Å². The second-order valence-electron chi connectivity index (χ2n) is 10.8. The summed E-state index contributed by atoms with van der Waals surface area (Å²) in [6.07, 6.45) is -6.51. The number of amides is 1. The maximum absolute atomic E-state index is 13.6. The summed E-state index contributed by atoms with van der Waals surface area (Å²) in [5, 5.41) is 12.5. The number of halogens is 6. The molecule has 1 saturated heterocycles. The largest absolute Gasteiger partial charge is 0.489 e. The van der Waals surface area contributed by atoms with Gasteiger partial charge in [0.05, 0.1) is 53.6 Å². The lowest BCUT2D eigenvalue weighted by Crippen LogP contribution is -2.38. The van der Waals surface area contributed by atoms with Crippen molar-refractivity contribution in [1.29, 1.82) is 0 Å². The lowest BCUT2D eigenvalue weighted by atomic mass is 10.1. The minimum atomic E-state index is -4.54. The SMILES string of the molecule is CCCS(=O)(=O)c1ccc([C@H](CO)NC(=O)c2cnc(N3C[C@H](Oc4ccc(C(F)(F)F)cc4)C[C@H]3COC(F)(F)CF)nc2)cc1. The van der Waals surface area contributed by atoms with Crippen molar-refractivity contribution in [3.8, 4) is 5.75 Å². The number of benzene rings is 2. The topological polar surface area (TPSA) is 131 Å². The average Bonchev–Trinajstić information content (AvgIpc) is 3.45. The van der Waals surface area contributed by atoms with E-state index in [1.165, 1.54) is 29.2 Å². The third-order valence-corrected chi connectivity index (χ3v) is 9.20. The highest BCUT2D eigenvalue weighted by molar-refractivity contribution is 7.91. The predicted octanol–water partition coefficient (Wildman–Crippen LogP) is 4.75. The Kier molecular flexibility index (Phi) is 11.3. The minimum absolute atomic E-state index is 0.00164. The van der Waals surface area contributed by atoms with E-state index in [0.29, 0.717) is 12.0 Å².